The number of anilines is 3. The molecule has 0 N–H and O–H groups in total. The molecule has 0 bridgehead atoms. The summed E-state index contributed by atoms with van der Waals surface area (Å²) in [6.07, 6.45) is 0. The highest BCUT2D eigenvalue weighted by molar-refractivity contribution is 9.10. The molecule has 0 unspecified atom stereocenters. The number of carbonyl (C=O) groups is 3. The van der Waals surface area contributed by atoms with Crippen LogP contribution in [0.3, 0.4) is 0 Å². The zero-order chi connectivity index (χ0) is 30.2. The second-order valence-electron chi connectivity index (χ2n) is 9.30. The van der Waals surface area contributed by atoms with Crippen molar-refractivity contribution < 1.29 is 24.1 Å². The molecule has 0 saturated carbocycles. The summed E-state index contributed by atoms with van der Waals surface area (Å²) in [5.74, 6) is -1.06. The van der Waals surface area contributed by atoms with Crippen LogP contribution < -0.4 is 4.90 Å². The van der Waals surface area contributed by atoms with Gasteiger partial charge in [-0.3, -0.25) is 4.79 Å². The second-order valence-corrected chi connectivity index (χ2v) is 10.2. The lowest BCUT2D eigenvalue weighted by Crippen LogP contribution is -2.11. The average molecular weight is 627 g/mol. The van der Waals surface area contributed by atoms with Gasteiger partial charge in [0.1, 0.15) is 0 Å². The summed E-state index contributed by atoms with van der Waals surface area (Å²) in [6.45, 7) is 6.11. The quantitative estimate of drug-likeness (QED) is 0.0817. The third-order valence-electron chi connectivity index (χ3n) is 6.21. The van der Waals surface area contributed by atoms with Crippen molar-refractivity contribution in [2.24, 2.45) is 10.3 Å². The van der Waals surface area contributed by atoms with Crippen LogP contribution in [0, 0.1) is 0 Å². The predicted octanol–water partition coefficient (Wildman–Crippen LogP) is 7.72. The van der Waals surface area contributed by atoms with Crippen LogP contribution in [0.1, 0.15) is 54.7 Å². The number of hydrogen-bond donors (Lipinski definition) is 0. The Hall–Kier alpha value is -4.89. The molecule has 0 aliphatic carbocycles. The van der Waals surface area contributed by atoms with Gasteiger partial charge in [0.2, 0.25) is 0 Å². The summed E-state index contributed by atoms with van der Waals surface area (Å²) in [6, 6.07) is 30.0. The molecule has 4 aromatic rings. The Labute approximate surface area is 252 Å². The predicted molar refractivity (Wildman–Crippen MR) is 167 cm³/mol. The van der Waals surface area contributed by atoms with Crippen LogP contribution in [-0.4, -0.2) is 29.1 Å². The van der Waals surface area contributed by atoms with Gasteiger partial charge < -0.3 is 14.6 Å². The molecule has 0 aromatic heterocycles. The summed E-state index contributed by atoms with van der Waals surface area (Å²) in [7, 11) is 0. The van der Waals surface area contributed by atoms with Crippen LogP contribution in [0.2, 0.25) is 0 Å². The molecule has 0 spiro atoms. The van der Waals surface area contributed by atoms with E-state index in [0.717, 1.165) is 32.7 Å². The number of carbonyl (C=O) groups excluding carboxylic acids is 3. The minimum absolute atomic E-state index is 0.0839. The Kier molecular flexibility index (Phi) is 9.77. The van der Waals surface area contributed by atoms with Crippen LogP contribution in [0.25, 0.3) is 0 Å². The average Bonchev–Trinajstić information content (AvgIpc) is 2.99. The first-order valence-corrected chi connectivity index (χ1v) is 13.8. The van der Waals surface area contributed by atoms with Gasteiger partial charge in [0.15, 0.2) is 5.78 Å². The molecule has 4 aromatic carbocycles. The van der Waals surface area contributed by atoms with E-state index in [0.29, 0.717) is 22.6 Å². The van der Waals surface area contributed by atoms with E-state index in [2.05, 4.69) is 26.2 Å². The summed E-state index contributed by atoms with van der Waals surface area (Å²) >= 11 is 3.46. The van der Waals surface area contributed by atoms with Gasteiger partial charge in [-0.05, 0) is 85.6 Å². The van der Waals surface area contributed by atoms with Crippen molar-refractivity contribution in [2.45, 2.75) is 27.7 Å². The largest absolute Gasteiger partial charge is 0.331 e. The third-order valence-corrected chi connectivity index (χ3v) is 6.91. The van der Waals surface area contributed by atoms with Gasteiger partial charge in [-0.25, -0.2) is 9.59 Å². The van der Waals surface area contributed by atoms with E-state index in [1.54, 1.807) is 32.0 Å². The highest BCUT2D eigenvalue weighted by Crippen LogP contribution is 2.35. The Morgan fingerprint density at radius 3 is 1.33 bits per heavy atom. The SMILES string of the molecule is CC(=O)ON=C(C)c1ccc(N(c2ccc(C(=O)c3ccccc3Br)cc2)c2ccc(/C(C)=N/OC(C)=O)cc2)cc1. The molecule has 8 nitrogen and oxygen atoms in total. The zero-order valence-corrected chi connectivity index (χ0v) is 25.1. The van der Waals surface area contributed by atoms with E-state index in [1.807, 2.05) is 83.8 Å². The van der Waals surface area contributed by atoms with Crippen molar-refractivity contribution >= 4 is 62.1 Å². The van der Waals surface area contributed by atoms with Crippen molar-refractivity contribution in [3.8, 4) is 0 Å². The molecule has 212 valence electrons. The Bertz CT molecular complexity index is 1590. The fraction of sp³-hybridized carbons (Fsp3) is 0.121. The molecule has 0 saturated heterocycles. The molecule has 9 heteroatoms. The second kappa shape index (κ2) is 13.6. The summed E-state index contributed by atoms with van der Waals surface area (Å²) in [4.78, 5) is 47.0. The molecule has 0 aliphatic rings. The molecule has 0 atom stereocenters. The highest BCUT2D eigenvalue weighted by Gasteiger charge is 2.16. The van der Waals surface area contributed by atoms with Crippen molar-refractivity contribution in [1.82, 2.24) is 0 Å². The summed E-state index contributed by atoms with van der Waals surface area (Å²) < 4.78 is 0.737. The van der Waals surface area contributed by atoms with E-state index in [4.69, 9.17) is 9.68 Å². The van der Waals surface area contributed by atoms with E-state index in [9.17, 15) is 14.4 Å². The normalized spacial score (nSPS) is 11.5. The van der Waals surface area contributed by atoms with Crippen molar-refractivity contribution in [1.29, 1.82) is 0 Å². The molecule has 0 heterocycles. The standard InChI is InChI=1S/C33H28BrN3O5/c1-21(35-41-23(3)38)25-9-15-28(16-10-25)37(29-17-11-26(12-18-29)22(2)36-42-24(4)39)30-19-13-27(14-20-30)33(40)31-7-5-6-8-32(31)34/h5-20H,1-4H3/b35-21+,36-22?. The van der Waals surface area contributed by atoms with Crippen LogP contribution in [0.5, 0.6) is 0 Å². The highest BCUT2D eigenvalue weighted by atomic mass is 79.9. The van der Waals surface area contributed by atoms with Crippen LogP contribution >= 0.6 is 15.9 Å². The van der Waals surface area contributed by atoms with Gasteiger partial charge in [-0.15, -0.1) is 0 Å². The fourth-order valence-electron chi connectivity index (χ4n) is 4.08. The number of oxime groups is 2. The number of hydrogen-bond acceptors (Lipinski definition) is 8. The summed E-state index contributed by atoms with van der Waals surface area (Å²) in [5, 5.41) is 7.74. The molecular weight excluding hydrogens is 598 g/mol. The number of ketones is 1. The molecule has 0 radical (unpaired) electrons. The third kappa shape index (κ3) is 7.44. The molecule has 42 heavy (non-hydrogen) atoms. The Morgan fingerprint density at radius 1 is 0.571 bits per heavy atom. The van der Waals surface area contributed by atoms with Crippen LogP contribution in [-0.2, 0) is 19.3 Å². The molecular formula is C33H28BrN3O5. The first-order chi connectivity index (χ1) is 20.1. The Balaban J connectivity index is 1.71. The van der Waals surface area contributed by atoms with E-state index < -0.39 is 11.9 Å². The lowest BCUT2D eigenvalue weighted by Gasteiger charge is -2.26. The van der Waals surface area contributed by atoms with Crippen LogP contribution in [0.15, 0.2) is 112 Å². The monoisotopic (exact) mass is 625 g/mol. The lowest BCUT2D eigenvalue weighted by atomic mass is 10.0. The number of benzene rings is 4. The number of nitrogens with zero attached hydrogens (tertiary/aromatic N) is 3. The molecule has 4 rings (SSSR count). The smallest absolute Gasteiger partial charge is 0.318 e. The maximum atomic E-state index is 13.2. The zero-order valence-electron chi connectivity index (χ0n) is 23.5. The maximum absolute atomic E-state index is 13.2. The van der Waals surface area contributed by atoms with Crippen molar-refractivity contribution in [3.63, 3.8) is 0 Å². The van der Waals surface area contributed by atoms with Gasteiger partial charge in [-0.2, -0.15) is 0 Å². The molecule has 0 amide bonds. The van der Waals surface area contributed by atoms with Crippen molar-refractivity contribution in [3.05, 3.63) is 124 Å². The molecule has 0 fully saturated rings. The van der Waals surface area contributed by atoms with Gasteiger partial charge in [-0.1, -0.05) is 62.6 Å². The van der Waals surface area contributed by atoms with Crippen LogP contribution in [0.4, 0.5) is 17.1 Å². The first kappa shape index (κ1) is 30.1. The van der Waals surface area contributed by atoms with Gasteiger partial charge in [0.25, 0.3) is 0 Å². The first-order valence-electron chi connectivity index (χ1n) is 13.0. The van der Waals surface area contributed by atoms with Gasteiger partial charge >= 0.3 is 11.9 Å². The van der Waals surface area contributed by atoms with Gasteiger partial charge in [0, 0.05) is 46.5 Å². The number of halogens is 1. The molecule has 0 aliphatic heterocycles. The fourth-order valence-corrected chi connectivity index (χ4v) is 4.55. The maximum Gasteiger partial charge on any atom is 0.331 e. The Morgan fingerprint density at radius 2 is 0.952 bits per heavy atom. The van der Waals surface area contributed by atoms with Crippen molar-refractivity contribution in [2.75, 3.05) is 4.90 Å². The lowest BCUT2D eigenvalue weighted by molar-refractivity contribution is -0.141. The number of rotatable bonds is 9. The van der Waals surface area contributed by atoms with E-state index in [-0.39, 0.29) is 5.78 Å². The van der Waals surface area contributed by atoms with Gasteiger partial charge in [0.05, 0.1) is 11.4 Å². The minimum Gasteiger partial charge on any atom is -0.318 e. The topological polar surface area (TPSA) is 97.6 Å². The van der Waals surface area contributed by atoms with E-state index in [1.165, 1.54) is 13.8 Å². The summed E-state index contributed by atoms with van der Waals surface area (Å²) in [5.41, 5.74) is 6.38. The minimum atomic E-state index is -0.490. The van der Waals surface area contributed by atoms with E-state index >= 15 is 0 Å².